The van der Waals surface area contributed by atoms with Crippen LogP contribution in [-0.2, 0) is 23.7 Å². The fraction of sp³-hybridized carbons (Fsp3) is 0.391. The van der Waals surface area contributed by atoms with Crippen LogP contribution in [0.1, 0.15) is 34.6 Å². The topological polar surface area (TPSA) is 60.9 Å². The highest BCUT2D eigenvalue weighted by molar-refractivity contribution is 6.42. The first-order chi connectivity index (χ1) is 16.6. The van der Waals surface area contributed by atoms with E-state index in [1.54, 1.807) is 6.07 Å². The second-order valence-corrected chi connectivity index (χ2v) is 9.33. The Bertz CT molecular complexity index is 1120. The second kappa shape index (κ2) is 10.4. The van der Waals surface area contributed by atoms with Crippen LogP contribution in [0.4, 0.5) is 31.1 Å². The van der Waals surface area contributed by atoms with Crippen LogP contribution < -0.4 is 0 Å². The smallest absolute Gasteiger partial charge is 0.416 e. The van der Waals surface area contributed by atoms with Gasteiger partial charge < -0.3 is 14.9 Å². The number of nitrogens with zero attached hydrogens (tertiary/aromatic N) is 2. The maximum atomic E-state index is 13.3. The average Bonchev–Trinajstić information content (AvgIpc) is 2.78. The van der Waals surface area contributed by atoms with Crippen LogP contribution in [0.5, 0.6) is 0 Å². The third kappa shape index (κ3) is 6.36. The van der Waals surface area contributed by atoms with E-state index in [-0.39, 0.29) is 41.2 Å². The maximum Gasteiger partial charge on any atom is 0.416 e. The second-order valence-electron chi connectivity index (χ2n) is 8.51. The molecule has 0 aromatic heterocycles. The number of benzene rings is 2. The molecule has 13 heteroatoms. The van der Waals surface area contributed by atoms with Gasteiger partial charge in [0.1, 0.15) is 0 Å². The molecule has 2 aromatic carbocycles. The molecule has 2 amide bonds. The zero-order valence-electron chi connectivity index (χ0n) is 18.6. The van der Waals surface area contributed by atoms with Gasteiger partial charge in [0.05, 0.1) is 21.2 Å². The van der Waals surface area contributed by atoms with Crippen LogP contribution >= 0.6 is 23.2 Å². The summed E-state index contributed by atoms with van der Waals surface area (Å²) in [6.45, 7) is -0.544. The molecule has 1 heterocycles. The number of carboxylic acid groups (broad SMARTS) is 1. The number of likely N-dealkylation sites (tertiary alicyclic amines) is 1. The van der Waals surface area contributed by atoms with Gasteiger partial charge in [-0.2, -0.15) is 26.3 Å². The normalized spacial score (nSPS) is 18.8. The van der Waals surface area contributed by atoms with Gasteiger partial charge in [-0.25, -0.2) is 4.79 Å². The van der Waals surface area contributed by atoms with E-state index in [1.807, 2.05) is 0 Å². The first-order valence-corrected chi connectivity index (χ1v) is 11.3. The number of piperidine rings is 1. The van der Waals surface area contributed by atoms with Crippen molar-refractivity contribution in [3.05, 3.63) is 68.7 Å². The van der Waals surface area contributed by atoms with Crippen LogP contribution in [0, 0.1) is 5.92 Å². The quantitative estimate of drug-likeness (QED) is 0.422. The van der Waals surface area contributed by atoms with E-state index >= 15 is 0 Å². The Balaban J connectivity index is 1.91. The van der Waals surface area contributed by atoms with E-state index in [4.69, 9.17) is 23.2 Å². The van der Waals surface area contributed by atoms with Crippen molar-refractivity contribution in [2.75, 3.05) is 20.1 Å². The summed E-state index contributed by atoms with van der Waals surface area (Å²) < 4.78 is 79.2. The molecule has 2 atom stereocenters. The Morgan fingerprint density at radius 2 is 1.58 bits per heavy atom. The molecule has 0 aliphatic carbocycles. The molecule has 0 unspecified atom stereocenters. The van der Waals surface area contributed by atoms with Gasteiger partial charge in [0.2, 0.25) is 5.91 Å². The van der Waals surface area contributed by atoms with Gasteiger partial charge in [0.15, 0.2) is 0 Å². The highest BCUT2D eigenvalue weighted by Crippen LogP contribution is 2.38. The van der Waals surface area contributed by atoms with Gasteiger partial charge in [0, 0.05) is 38.5 Å². The third-order valence-corrected chi connectivity index (χ3v) is 6.75. The van der Waals surface area contributed by atoms with E-state index in [2.05, 4.69) is 0 Å². The average molecular weight is 557 g/mol. The lowest BCUT2D eigenvalue weighted by atomic mass is 9.80. The van der Waals surface area contributed by atoms with Crippen molar-refractivity contribution in [2.45, 2.75) is 31.2 Å². The van der Waals surface area contributed by atoms with Gasteiger partial charge in [-0.1, -0.05) is 29.3 Å². The number of halogens is 8. The molecule has 1 saturated heterocycles. The summed E-state index contributed by atoms with van der Waals surface area (Å²) in [4.78, 5) is 27.0. The first kappa shape index (κ1) is 27.9. The van der Waals surface area contributed by atoms with Crippen molar-refractivity contribution < 1.29 is 41.0 Å². The predicted molar refractivity (Wildman–Crippen MR) is 120 cm³/mol. The van der Waals surface area contributed by atoms with Crippen molar-refractivity contribution in [3.63, 3.8) is 0 Å². The molecular formula is C23H20Cl2F6N2O3. The lowest BCUT2D eigenvalue weighted by Gasteiger charge is -2.38. The standard InChI is InChI=1S/C23H20Cl2F6N2O3/c1-32(10-12-6-14(22(26,27)28)9-15(7-12)23(29,30)31)20(34)16-4-5-33(21(35)36)11-17(16)13-2-3-18(24)19(25)8-13/h2-3,6-9,16-17H,4-5,10-11H2,1H3,(H,35,36)/t16-,17+/m1/s1. The summed E-state index contributed by atoms with van der Waals surface area (Å²) in [6.07, 6.45) is -11.1. The summed E-state index contributed by atoms with van der Waals surface area (Å²) in [5.74, 6) is -2.01. The molecule has 0 radical (unpaired) electrons. The van der Waals surface area contributed by atoms with E-state index in [1.165, 1.54) is 19.2 Å². The molecule has 1 N–H and O–H groups in total. The fourth-order valence-electron chi connectivity index (χ4n) is 4.25. The predicted octanol–water partition coefficient (Wildman–Crippen LogP) is 6.77. The maximum absolute atomic E-state index is 13.3. The minimum absolute atomic E-state index is 0.0211. The monoisotopic (exact) mass is 556 g/mol. The van der Waals surface area contributed by atoms with Gasteiger partial charge in [0.25, 0.3) is 0 Å². The first-order valence-electron chi connectivity index (χ1n) is 10.5. The van der Waals surface area contributed by atoms with E-state index < -0.39 is 53.9 Å². The van der Waals surface area contributed by atoms with E-state index in [0.29, 0.717) is 17.7 Å². The zero-order valence-corrected chi connectivity index (χ0v) is 20.1. The van der Waals surface area contributed by atoms with Crippen molar-refractivity contribution >= 4 is 35.2 Å². The Labute approximate surface area is 212 Å². The molecule has 3 rings (SSSR count). The Morgan fingerprint density at radius 3 is 2.08 bits per heavy atom. The Hall–Kier alpha value is -2.66. The third-order valence-electron chi connectivity index (χ3n) is 6.02. The fourth-order valence-corrected chi connectivity index (χ4v) is 4.55. The molecular weight excluding hydrogens is 537 g/mol. The molecule has 2 aromatic rings. The van der Waals surface area contributed by atoms with Crippen LogP contribution in [0.2, 0.25) is 10.0 Å². The molecule has 0 saturated carbocycles. The van der Waals surface area contributed by atoms with E-state index in [9.17, 15) is 41.0 Å². The Morgan fingerprint density at radius 1 is 1.00 bits per heavy atom. The summed E-state index contributed by atoms with van der Waals surface area (Å²) in [5, 5.41) is 9.85. The number of carbonyl (C=O) groups is 2. The minimum atomic E-state index is -5.01. The zero-order chi connectivity index (χ0) is 27.0. The summed E-state index contributed by atoms with van der Waals surface area (Å²) in [6, 6.07) is 5.75. The van der Waals surface area contributed by atoms with Gasteiger partial charge in [-0.15, -0.1) is 0 Å². The van der Waals surface area contributed by atoms with Crippen LogP contribution in [0.25, 0.3) is 0 Å². The Kier molecular flexibility index (Phi) is 8.04. The number of carbonyl (C=O) groups excluding carboxylic acids is 1. The number of alkyl halides is 6. The van der Waals surface area contributed by atoms with E-state index in [0.717, 1.165) is 9.80 Å². The SMILES string of the molecule is CN(Cc1cc(C(F)(F)F)cc(C(F)(F)F)c1)C(=O)[C@@H]1CCN(C(=O)O)C[C@H]1c1ccc(Cl)c(Cl)c1. The van der Waals surface area contributed by atoms with Crippen molar-refractivity contribution in [3.8, 4) is 0 Å². The summed E-state index contributed by atoms with van der Waals surface area (Å²) in [7, 11) is 1.27. The van der Waals surface area contributed by atoms with Crippen molar-refractivity contribution in [1.29, 1.82) is 0 Å². The number of hydrogen-bond acceptors (Lipinski definition) is 2. The van der Waals surface area contributed by atoms with Gasteiger partial charge in [-0.05, 0) is 47.9 Å². The van der Waals surface area contributed by atoms with Gasteiger partial charge in [-0.3, -0.25) is 4.79 Å². The van der Waals surface area contributed by atoms with Crippen molar-refractivity contribution in [1.82, 2.24) is 9.80 Å². The lowest BCUT2D eigenvalue weighted by Crippen LogP contribution is -2.47. The highest BCUT2D eigenvalue weighted by Gasteiger charge is 2.39. The van der Waals surface area contributed by atoms with Crippen LogP contribution in [0.15, 0.2) is 36.4 Å². The molecule has 0 spiro atoms. The molecule has 0 bridgehead atoms. The summed E-state index contributed by atoms with van der Waals surface area (Å²) >= 11 is 12.0. The van der Waals surface area contributed by atoms with Crippen LogP contribution in [-0.4, -0.2) is 47.0 Å². The number of hydrogen-bond donors (Lipinski definition) is 1. The molecule has 1 aliphatic heterocycles. The molecule has 196 valence electrons. The molecule has 1 fully saturated rings. The highest BCUT2D eigenvalue weighted by atomic mass is 35.5. The minimum Gasteiger partial charge on any atom is -0.465 e. The van der Waals surface area contributed by atoms with Crippen molar-refractivity contribution in [2.24, 2.45) is 5.92 Å². The lowest BCUT2D eigenvalue weighted by molar-refractivity contribution is -0.143. The summed E-state index contributed by atoms with van der Waals surface area (Å²) in [5.41, 5.74) is -2.77. The van der Waals surface area contributed by atoms with Crippen LogP contribution in [0.3, 0.4) is 0 Å². The largest absolute Gasteiger partial charge is 0.465 e. The van der Waals surface area contributed by atoms with Gasteiger partial charge >= 0.3 is 18.4 Å². The molecule has 36 heavy (non-hydrogen) atoms. The molecule has 5 nitrogen and oxygen atoms in total. The molecule has 1 aliphatic rings. The number of rotatable bonds is 4. The number of amides is 2.